The van der Waals surface area contributed by atoms with Crippen molar-refractivity contribution in [2.45, 2.75) is 0 Å². The maximum Gasteiger partial charge on any atom is 0.165 e. The minimum absolute atomic E-state index is 0.0113. The lowest BCUT2D eigenvalue weighted by Crippen LogP contribution is -2.02. The van der Waals surface area contributed by atoms with Crippen LogP contribution in [-0.4, -0.2) is 19.5 Å². The molecule has 4 nitrogen and oxygen atoms in total. The van der Waals surface area contributed by atoms with Gasteiger partial charge in [-0.25, -0.2) is 15.0 Å². The molecule has 0 bridgehead atoms. The second-order valence-corrected chi connectivity index (χ2v) is 14.7. The number of hydrogen-bond donors (Lipinski definition) is 0. The van der Waals surface area contributed by atoms with Gasteiger partial charge in [-0.15, -0.1) is 11.3 Å². The van der Waals surface area contributed by atoms with E-state index in [1.54, 1.807) is 11.3 Å². The van der Waals surface area contributed by atoms with E-state index in [2.05, 4.69) is 95.6 Å². The third-order valence-corrected chi connectivity index (χ3v) is 11.6. The average Bonchev–Trinajstić information content (AvgIpc) is 3.86. The minimum atomic E-state index is -0.483. The van der Waals surface area contributed by atoms with E-state index in [4.69, 9.17) is 21.8 Å². The van der Waals surface area contributed by atoms with Crippen LogP contribution in [0.5, 0.6) is 0 Å². The summed E-state index contributed by atoms with van der Waals surface area (Å²) in [7, 11) is 0. The molecule has 11 rings (SSSR count). The van der Waals surface area contributed by atoms with Crippen LogP contribution >= 0.6 is 11.3 Å². The van der Waals surface area contributed by atoms with E-state index in [0.29, 0.717) is 17.2 Å². The summed E-state index contributed by atoms with van der Waals surface area (Å²) >= 11 is 1.65. The molecule has 0 N–H and O–H groups in total. The molecule has 5 heteroatoms. The molecule has 0 radical (unpaired) electrons. The number of nitrogens with zero attached hydrogens (tertiary/aromatic N) is 4. The first kappa shape index (κ1) is 27.4. The lowest BCUT2D eigenvalue weighted by Gasteiger charge is -2.14. The van der Waals surface area contributed by atoms with E-state index in [1.165, 1.54) is 0 Å². The van der Waals surface area contributed by atoms with E-state index >= 15 is 0 Å². The van der Waals surface area contributed by atoms with Crippen LogP contribution in [-0.2, 0) is 0 Å². The summed E-state index contributed by atoms with van der Waals surface area (Å²) in [5.41, 5.74) is 8.40. The van der Waals surface area contributed by atoms with Crippen molar-refractivity contribution in [2.75, 3.05) is 0 Å². The first-order valence-corrected chi connectivity index (χ1v) is 19.2. The molecule has 0 saturated carbocycles. The zero-order chi connectivity index (χ0) is 41.4. The third kappa shape index (κ3) is 5.40. The maximum absolute atomic E-state index is 9.00. The normalized spacial score (nSPS) is 12.8. The van der Waals surface area contributed by atoms with Crippen molar-refractivity contribution in [3.05, 3.63) is 194 Å². The van der Waals surface area contributed by atoms with E-state index in [0.717, 1.165) is 75.5 Å². The molecule has 0 saturated heterocycles. The number of fused-ring (bicyclic) bond motifs is 6. The molecule has 8 aromatic carbocycles. The van der Waals surface area contributed by atoms with Gasteiger partial charge in [0.15, 0.2) is 17.5 Å². The predicted molar refractivity (Wildman–Crippen MR) is 234 cm³/mol. The van der Waals surface area contributed by atoms with Crippen LogP contribution in [0.4, 0.5) is 0 Å². The van der Waals surface area contributed by atoms with Gasteiger partial charge in [0.2, 0.25) is 0 Å². The molecule has 0 atom stereocenters. The van der Waals surface area contributed by atoms with E-state index < -0.39 is 18.1 Å². The van der Waals surface area contributed by atoms with Crippen molar-refractivity contribution in [2.24, 2.45) is 0 Å². The Kier molecular flexibility index (Phi) is 6.49. The molecule has 11 aromatic rings. The van der Waals surface area contributed by atoms with Crippen molar-refractivity contribution in [1.29, 1.82) is 0 Å². The summed E-state index contributed by atoms with van der Waals surface area (Å²) in [6.07, 6.45) is 0. The Balaban J connectivity index is 1.26. The van der Waals surface area contributed by atoms with Crippen LogP contribution in [0.3, 0.4) is 0 Å². The molecule has 3 heterocycles. The lowest BCUT2D eigenvalue weighted by molar-refractivity contribution is 1.07. The number of para-hydroxylation sites is 2. The maximum atomic E-state index is 9.00. The first-order chi connectivity index (χ1) is 29.8. The largest absolute Gasteiger partial charge is 0.309 e. The highest BCUT2D eigenvalue weighted by molar-refractivity contribution is 7.26. The molecule has 0 aliphatic heterocycles. The summed E-state index contributed by atoms with van der Waals surface area (Å²) < 4.78 is 47.8. The molecule has 0 aliphatic rings. The molecule has 262 valence electrons. The number of hydrogen-bond acceptors (Lipinski definition) is 4. The summed E-state index contributed by atoms with van der Waals surface area (Å²) in [5, 5.41) is 4.36. The Morgan fingerprint density at radius 3 is 1.71 bits per heavy atom. The smallest absolute Gasteiger partial charge is 0.165 e. The lowest BCUT2D eigenvalue weighted by atomic mass is 9.99. The van der Waals surface area contributed by atoms with Crippen LogP contribution in [0.25, 0.3) is 104 Å². The van der Waals surface area contributed by atoms with Crippen LogP contribution in [0.15, 0.2) is 194 Å². The minimum Gasteiger partial charge on any atom is -0.309 e. The van der Waals surface area contributed by atoms with Crippen molar-refractivity contribution >= 4 is 53.3 Å². The van der Waals surface area contributed by atoms with Gasteiger partial charge >= 0.3 is 0 Å². The van der Waals surface area contributed by atoms with Gasteiger partial charge in [0.1, 0.15) is 0 Å². The fourth-order valence-corrected chi connectivity index (χ4v) is 8.98. The van der Waals surface area contributed by atoms with Crippen molar-refractivity contribution in [1.82, 2.24) is 19.5 Å². The van der Waals surface area contributed by atoms with Crippen LogP contribution in [0, 0.1) is 0 Å². The Bertz CT molecular complexity index is 3470. The molecule has 56 heavy (non-hydrogen) atoms. The van der Waals surface area contributed by atoms with Crippen molar-refractivity contribution in [3.8, 4) is 62.1 Å². The van der Waals surface area contributed by atoms with E-state index in [-0.39, 0.29) is 23.5 Å². The SMILES string of the molecule is [2H]c1c([2H])c([2H])c(-c2nc(-c3ccccc3-c3ccccc3)nc(-c3cc(-n4c5ccccc5c5ccccc54)cc4c3sc3ccc(-c5ccccc5)cc34)n2)c([2H])c1[2H]. The predicted octanol–water partition coefficient (Wildman–Crippen LogP) is 13.7. The fraction of sp³-hybridized carbons (Fsp3) is 0. The summed E-state index contributed by atoms with van der Waals surface area (Å²) in [5.74, 6) is 0.619. The molecule has 0 unspecified atom stereocenters. The molecule has 0 aliphatic carbocycles. The Labute approximate surface area is 334 Å². The highest BCUT2D eigenvalue weighted by Crippen LogP contribution is 2.44. The Hall–Kier alpha value is -7.21. The molecular weight excluding hydrogens is 701 g/mol. The van der Waals surface area contributed by atoms with Gasteiger partial charge in [0.25, 0.3) is 0 Å². The number of aromatic nitrogens is 4. The van der Waals surface area contributed by atoms with Crippen molar-refractivity contribution < 1.29 is 6.85 Å². The van der Waals surface area contributed by atoms with Gasteiger partial charge < -0.3 is 4.57 Å². The van der Waals surface area contributed by atoms with Gasteiger partial charge in [-0.1, -0.05) is 158 Å². The monoisotopic (exact) mass is 737 g/mol. The quantitative estimate of drug-likeness (QED) is 0.171. The molecule has 3 aromatic heterocycles. The van der Waals surface area contributed by atoms with Crippen LogP contribution in [0.2, 0.25) is 0 Å². The topological polar surface area (TPSA) is 43.6 Å². The highest BCUT2D eigenvalue weighted by Gasteiger charge is 2.21. The van der Waals surface area contributed by atoms with Gasteiger partial charge in [0.05, 0.1) is 17.9 Å². The zero-order valence-electron chi connectivity index (χ0n) is 34.8. The fourth-order valence-electron chi connectivity index (χ4n) is 7.81. The molecule has 0 amide bonds. The molecule has 0 spiro atoms. The highest BCUT2D eigenvalue weighted by atomic mass is 32.1. The van der Waals surface area contributed by atoms with E-state index in [9.17, 15) is 0 Å². The van der Waals surface area contributed by atoms with Crippen LogP contribution < -0.4 is 0 Å². The van der Waals surface area contributed by atoms with E-state index in [1.807, 2.05) is 72.8 Å². The Morgan fingerprint density at radius 1 is 0.411 bits per heavy atom. The summed E-state index contributed by atoms with van der Waals surface area (Å²) in [4.78, 5) is 15.3. The zero-order valence-corrected chi connectivity index (χ0v) is 30.6. The second kappa shape index (κ2) is 13.3. The molecule has 0 fully saturated rings. The standard InChI is InChI=1S/C51H32N4S/c1-4-16-33(17-5-1)36-28-29-47-42(30-36)43-31-37(55-45-26-14-12-23-39(45)40-24-13-15-27-46(40)55)32-44(48(43)56-47)51-53-49(35-20-8-3-9-21-35)52-50(54-51)41-25-11-10-22-38(41)34-18-6-2-7-19-34/h1-32H/i3D,8D,9D,20D,21D. The van der Waals surface area contributed by atoms with Gasteiger partial charge in [-0.2, -0.15) is 0 Å². The number of benzene rings is 8. The second-order valence-electron chi connectivity index (χ2n) is 13.6. The van der Waals surface area contributed by atoms with Gasteiger partial charge in [-0.3, -0.25) is 0 Å². The number of rotatable bonds is 6. The number of thiophene rings is 1. The van der Waals surface area contributed by atoms with Crippen LogP contribution in [0.1, 0.15) is 6.85 Å². The van der Waals surface area contributed by atoms with Gasteiger partial charge in [-0.05, 0) is 58.7 Å². The molecular formula is C51H32N4S. The van der Waals surface area contributed by atoms with Gasteiger partial charge in [0, 0.05) is 53.3 Å². The summed E-state index contributed by atoms with van der Waals surface area (Å²) in [6.45, 7) is 0. The third-order valence-electron chi connectivity index (χ3n) is 10.4. The van der Waals surface area contributed by atoms with Crippen molar-refractivity contribution in [3.63, 3.8) is 0 Å². The average molecular weight is 738 g/mol. The Morgan fingerprint density at radius 2 is 1.00 bits per heavy atom. The summed E-state index contributed by atoms with van der Waals surface area (Å²) in [6, 6.07) is 53.7. The first-order valence-electron chi connectivity index (χ1n) is 20.9.